The van der Waals surface area contributed by atoms with Gasteiger partial charge in [0.15, 0.2) is 0 Å². The molecule has 104 valence electrons. The Morgan fingerprint density at radius 3 is 2.83 bits per heavy atom. The van der Waals surface area contributed by atoms with Crippen LogP contribution in [0.15, 0.2) is 12.4 Å². The number of anilines is 1. The molecule has 0 bridgehead atoms. The second-order valence-electron chi connectivity index (χ2n) is 4.98. The Labute approximate surface area is 109 Å². The van der Waals surface area contributed by atoms with E-state index in [4.69, 9.17) is 4.74 Å². The van der Waals surface area contributed by atoms with Crippen molar-refractivity contribution < 1.29 is 9.84 Å². The first kappa shape index (κ1) is 15.0. The average molecular weight is 255 g/mol. The molecule has 0 amide bonds. The van der Waals surface area contributed by atoms with Crippen molar-refractivity contribution in [1.82, 2.24) is 9.78 Å². The van der Waals surface area contributed by atoms with Crippen LogP contribution < -0.4 is 5.32 Å². The third kappa shape index (κ3) is 5.51. The number of aliphatic hydroxyl groups excluding tert-OH is 1. The summed E-state index contributed by atoms with van der Waals surface area (Å²) >= 11 is 0. The molecule has 1 rings (SSSR count). The maximum Gasteiger partial charge on any atom is 0.0729 e. The van der Waals surface area contributed by atoms with Crippen LogP contribution in [0.1, 0.15) is 26.7 Å². The Morgan fingerprint density at radius 2 is 2.22 bits per heavy atom. The van der Waals surface area contributed by atoms with Gasteiger partial charge in [0.25, 0.3) is 0 Å². The normalized spacial score (nSPS) is 12.9. The number of aliphatic hydroxyl groups is 1. The Kier molecular flexibility index (Phi) is 6.75. The number of nitrogens with one attached hydrogen (secondary N) is 1. The van der Waals surface area contributed by atoms with Crippen molar-refractivity contribution in [2.75, 3.05) is 25.6 Å². The molecule has 1 aromatic rings. The summed E-state index contributed by atoms with van der Waals surface area (Å²) in [5, 5.41) is 16.9. The van der Waals surface area contributed by atoms with Gasteiger partial charge >= 0.3 is 0 Å². The van der Waals surface area contributed by atoms with Crippen molar-refractivity contribution >= 4 is 5.69 Å². The number of hydrogen-bond donors (Lipinski definition) is 2. The van der Waals surface area contributed by atoms with Crippen molar-refractivity contribution in [2.45, 2.75) is 39.3 Å². The topological polar surface area (TPSA) is 59.3 Å². The molecule has 1 aromatic heterocycles. The predicted molar refractivity (Wildman–Crippen MR) is 72.7 cm³/mol. The van der Waals surface area contributed by atoms with E-state index in [2.05, 4.69) is 24.3 Å². The molecule has 1 unspecified atom stereocenters. The molecule has 0 radical (unpaired) electrons. The van der Waals surface area contributed by atoms with E-state index in [0.717, 1.165) is 25.1 Å². The molecule has 0 aromatic carbocycles. The second-order valence-corrected chi connectivity index (χ2v) is 4.98. The highest BCUT2D eigenvalue weighted by Gasteiger charge is 2.09. The molecule has 18 heavy (non-hydrogen) atoms. The lowest BCUT2D eigenvalue weighted by molar-refractivity contribution is 0.183. The van der Waals surface area contributed by atoms with Crippen LogP contribution in [0.2, 0.25) is 0 Å². The lowest BCUT2D eigenvalue weighted by Gasteiger charge is -2.17. The van der Waals surface area contributed by atoms with Gasteiger partial charge in [-0.3, -0.25) is 4.68 Å². The molecule has 0 saturated heterocycles. The zero-order valence-corrected chi connectivity index (χ0v) is 11.6. The molecular weight excluding hydrogens is 230 g/mol. The maximum atomic E-state index is 9.34. The Morgan fingerprint density at radius 1 is 1.44 bits per heavy atom. The molecule has 1 atom stereocenters. The van der Waals surface area contributed by atoms with Gasteiger partial charge in [-0.1, -0.05) is 13.8 Å². The van der Waals surface area contributed by atoms with Crippen molar-refractivity contribution in [3.8, 4) is 0 Å². The first-order chi connectivity index (χ1) is 8.65. The number of ether oxygens (including phenoxy) is 1. The quantitative estimate of drug-likeness (QED) is 0.705. The first-order valence-electron chi connectivity index (χ1n) is 6.54. The molecular formula is C13H25N3O2. The van der Waals surface area contributed by atoms with Gasteiger partial charge in [-0.15, -0.1) is 0 Å². The summed E-state index contributed by atoms with van der Waals surface area (Å²) in [5.41, 5.74) is 0.953. The van der Waals surface area contributed by atoms with E-state index in [1.54, 1.807) is 13.3 Å². The molecule has 0 saturated carbocycles. The fourth-order valence-corrected chi connectivity index (χ4v) is 1.72. The summed E-state index contributed by atoms with van der Waals surface area (Å²) in [7, 11) is 1.68. The zero-order chi connectivity index (χ0) is 13.4. The summed E-state index contributed by atoms with van der Waals surface area (Å²) in [4.78, 5) is 0. The fourth-order valence-electron chi connectivity index (χ4n) is 1.72. The minimum absolute atomic E-state index is 0.104. The van der Waals surface area contributed by atoms with E-state index in [1.165, 1.54) is 0 Å². The lowest BCUT2D eigenvalue weighted by atomic mass is 10.0. The Bertz CT molecular complexity index is 326. The van der Waals surface area contributed by atoms with Gasteiger partial charge in [0.05, 0.1) is 31.6 Å². The van der Waals surface area contributed by atoms with Gasteiger partial charge in [0.2, 0.25) is 0 Å². The van der Waals surface area contributed by atoms with Crippen molar-refractivity contribution in [3.63, 3.8) is 0 Å². The van der Waals surface area contributed by atoms with E-state index in [-0.39, 0.29) is 12.6 Å². The minimum atomic E-state index is 0.104. The van der Waals surface area contributed by atoms with Crippen molar-refractivity contribution in [2.24, 2.45) is 5.92 Å². The van der Waals surface area contributed by atoms with E-state index in [0.29, 0.717) is 12.5 Å². The second kappa shape index (κ2) is 8.11. The van der Waals surface area contributed by atoms with Crippen LogP contribution >= 0.6 is 0 Å². The molecule has 0 spiro atoms. The lowest BCUT2D eigenvalue weighted by Crippen LogP contribution is -2.24. The van der Waals surface area contributed by atoms with Crippen LogP contribution in [0.25, 0.3) is 0 Å². The summed E-state index contributed by atoms with van der Waals surface area (Å²) < 4.78 is 6.84. The van der Waals surface area contributed by atoms with Gasteiger partial charge in [0, 0.05) is 19.3 Å². The van der Waals surface area contributed by atoms with Gasteiger partial charge in [-0.05, 0) is 18.8 Å². The van der Waals surface area contributed by atoms with Crippen molar-refractivity contribution in [1.29, 1.82) is 0 Å². The van der Waals surface area contributed by atoms with Crippen LogP contribution in [0.3, 0.4) is 0 Å². The summed E-state index contributed by atoms with van der Waals surface area (Å²) in [6, 6.07) is 0.104. The number of aromatic nitrogens is 2. The smallest absolute Gasteiger partial charge is 0.0729 e. The minimum Gasteiger partial charge on any atom is -0.394 e. The van der Waals surface area contributed by atoms with Crippen molar-refractivity contribution in [3.05, 3.63) is 12.4 Å². The van der Waals surface area contributed by atoms with Crippen LogP contribution in [-0.4, -0.2) is 41.3 Å². The van der Waals surface area contributed by atoms with Crippen LogP contribution in [0.4, 0.5) is 5.69 Å². The zero-order valence-electron chi connectivity index (χ0n) is 11.6. The van der Waals surface area contributed by atoms with E-state index >= 15 is 0 Å². The van der Waals surface area contributed by atoms with Gasteiger partial charge < -0.3 is 15.2 Å². The van der Waals surface area contributed by atoms with Crippen LogP contribution in [-0.2, 0) is 11.3 Å². The largest absolute Gasteiger partial charge is 0.394 e. The third-order valence-corrected chi connectivity index (χ3v) is 2.84. The Hall–Kier alpha value is -1.07. The summed E-state index contributed by atoms with van der Waals surface area (Å²) in [5.74, 6) is 0.658. The van der Waals surface area contributed by atoms with E-state index in [9.17, 15) is 5.11 Å². The molecule has 5 nitrogen and oxygen atoms in total. The van der Waals surface area contributed by atoms with Gasteiger partial charge in [-0.25, -0.2) is 0 Å². The summed E-state index contributed by atoms with van der Waals surface area (Å²) in [6.45, 7) is 5.93. The highest BCUT2D eigenvalue weighted by molar-refractivity contribution is 5.39. The highest BCUT2D eigenvalue weighted by Crippen LogP contribution is 2.12. The average Bonchev–Trinajstić information content (AvgIpc) is 2.79. The van der Waals surface area contributed by atoms with E-state index in [1.807, 2.05) is 10.9 Å². The number of hydrogen-bond acceptors (Lipinski definition) is 4. The molecule has 0 fully saturated rings. The summed E-state index contributed by atoms with van der Waals surface area (Å²) in [6.07, 6.45) is 5.80. The highest BCUT2D eigenvalue weighted by atomic mass is 16.5. The predicted octanol–water partition coefficient (Wildman–Crippen LogP) is 1.74. The fraction of sp³-hybridized carbons (Fsp3) is 0.769. The van der Waals surface area contributed by atoms with Crippen LogP contribution in [0, 0.1) is 5.92 Å². The molecule has 0 aliphatic carbocycles. The SMILES string of the molecule is COCCn1cc(NC(CO)CCC(C)C)cn1. The van der Waals surface area contributed by atoms with Gasteiger partial charge in [0.1, 0.15) is 0 Å². The van der Waals surface area contributed by atoms with Crippen LogP contribution in [0.5, 0.6) is 0 Å². The van der Waals surface area contributed by atoms with Gasteiger partial charge in [-0.2, -0.15) is 5.10 Å². The van der Waals surface area contributed by atoms with E-state index < -0.39 is 0 Å². The third-order valence-electron chi connectivity index (χ3n) is 2.84. The molecule has 0 aliphatic heterocycles. The molecule has 0 aliphatic rings. The Balaban J connectivity index is 2.41. The molecule has 2 N–H and O–H groups in total. The standard InChI is InChI=1S/C13H25N3O2/c1-11(2)4-5-12(10-17)15-13-8-14-16(9-13)6-7-18-3/h8-9,11-12,15,17H,4-7,10H2,1-3H3. The number of methoxy groups -OCH3 is 1. The number of nitrogens with zero attached hydrogens (tertiary/aromatic N) is 2. The monoisotopic (exact) mass is 255 g/mol. The molecule has 5 heteroatoms. The molecule has 1 heterocycles. The number of rotatable bonds is 9. The maximum absolute atomic E-state index is 9.34. The first-order valence-corrected chi connectivity index (χ1v) is 6.54.